The minimum atomic E-state index is -0.798. The second-order valence-corrected chi connectivity index (χ2v) is 5.26. The molecule has 0 amide bonds. The van der Waals surface area contributed by atoms with Crippen LogP contribution in [0.3, 0.4) is 0 Å². The second kappa shape index (κ2) is 6.03. The van der Waals surface area contributed by atoms with Gasteiger partial charge in [0, 0.05) is 6.04 Å². The largest absolute Gasteiger partial charge is 0.491 e. The van der Waals surface area contributed by atoms with E-state index in [0.29, 0.717) is 6.61 Å². The number of aryl methyl sites for hydroxylation is 1. The fraction of sp³-hybridized carbons (Fsp3) is 0.571. The standard InChI is InChI=1S/C14H23NO2/c1-11(15)4-5-12-6-8-13(9-7-12)17-10-14(2,3)16/h6-9,11,16H,4-5,10,15H2,1-3H3. The summed E-state index contributed by atoms with van der Waals surface area (Å²) >= 11 is 0. The number of hydrogen-bond acceptors (Lipinski definition) is 3. The van der Waals surface area contributed by atoms with Crippen LogP contribution in [-0.2, 0) is 6.42 Å². The van der Waals surface area contributed by atoms with E-state index >= 15 is 0 Å². The number of ether oxygens (including phenoxy) is 1. The highest BCUT2D eigenvalue weighted by molar-refractivity contribution is 5.27. The summed E-state index contributed by atoms with van der Waals surface area (Å²) in [5, 5.41) is 9.54. The van der Waals surface area contributed by atoms with Crippen molar-refractivity contribution in [3.05, 3.63) is 29.8 Å². The maximum Gasteiger partial charge on any atom is 0.119 e. The van der Waals surface area contributed by atoms with Crippen molar-refractivity contribution in [2.24, 2.45) is 5.73 Å². The fourth-order valence-corrected chi connectivity index (χ4v) is 1.41. The molecule has 1 atom stereocenters. The lowest BCUT2D eigenvalue weighted by molar-refractivity contribution is 0.0285. The van der Waals surface area contributed by atoms with E-state index in [1.807, 2.05) is 31.2 Å². The maximum atomic E-state index is 9.54. The van der Waals surface area contributed by atoms with E-state index in [4.69, 9.17) is 10.5 Å². The van der Waals surface area contributed by atoms with Crippen molar-refractivity contribution in [1.82, 2.24) is 0 Å². The van der Waals surface area contributed by atoms with Crippen molar-refractivity contribution in [3.8, 4) is 5.75 Å². The van der Waals surface area contributed by atoms with Gasteiger partial charge in [-0.15, -0.1) is 0 Å². The summed E-state index contributed by atoms with van der Waals surface area (Å²) in [6.45, 7) is 5.76. The zero-order valence-electron chi connectivity index (χ0n) is 10.9. The summed E-state index contributed by atoms with van der Waals surface area (Å²) in [5.41, 5.74) is 6.18. The van der Waals surface area contributed by atoms with Crippen LogP contribution >= 0.6 is 0 Å². The number of benzene rings is 1. The number of aliphatic hydroxyl groups is 1. The Labute approximate surface area is 104 Å². The SMILES string of the molecule is CC(N)CCc1ccc(OCC(C)(C)O)cc1. The maximum absolute atomic E-state index is 9.54. The van der Waals surface area contributed by atoms with Gasteiger partial charge in [-0.3, -0.25) is 0 Å². The van der Waals surface area contributed by atoms with Gasteiger partial charge in [0.1, 0.15) is 12.4 Å². The van der Waals surface area contributed by atoms with Crippen LogP contribution in [0.4, 0.5) is 0 Å². The normalized spacial score (nSPS) is 13.5. The highest BCUT2D eigenvalue weighted by Gasteiger charge is 2.13. The highest BCUT2D eigenvalue weighted by atomic mass is 16.5. The Balaban J connectivity index is 2.45. The summed E-state index contributed by atoms with van der Waals surface area (Å²) in [4.78, 5) is 0. The van der Waals surface area contributed by atoms with Gasteiger partial charge in [0.2, 0.25) is 0 Å². The minimum Gasteiger partial charge on any atom is -0.491 e. The van der Waals surface area contributed by atoms with E-state index in [1.165, 1.54) is 5.56 Å². The van der Waals surface area contributed by atoms with Gasteiger partial charge in [0.15, 0.2) is 0 Å². The van der Waals surface area contributed by atoms with E-state index in [-0.39, 0.29) is 6.04 Å². The monoisotopic (exact) mass is 237 g/mol. The Morgan fingerprint density at radius 1 is 1.29 bits per heavy atom. The van der Waals surface area contributed by atoms with Gasteiger partial charge < -0.3 is 15.6 Å². The topological polar surface area (TPSA) is 55.5 Å². The molecule has 0 saturated carbocycles. The molecule has 0 saturated heterocycles. The first kappa shape index (κ1) is 14.0. The number of nitrogens with two attached hydrogens (primary N) is 1. The van der Waals surface area contributed by atoms with Crippen LogP contribution in [0.2, 0.25) is 0 Å². The first-order valence-corrected chi connectivity index (χ1v) is 6.06. The Hall–Kier alpha value is -1.06. The third-order valence-electron chi connectivity index (χ3n) is 2.40. The average molecular weight is 237 g/mol. The molecular formula is C14H23NO2. The molecule has 0 bridgehead atoms. The van der Waals surface area contributed by atoms with Gasteiger partial charge in [0.05, 0.1) is 5.60 Å². The van der Waals surface area contributed by atoms with E-state index in [1.54, 1.807) is 13.8 Å². The Morgan fingerprint density at radius 3 is 2.35 bits per heavy atom. The number of rotatable bonds is 6. The molecule has 1 unspecified atom stereocenters. The van der Waals surface area contributed by atoms with Crippen molar-refractivity contribution >= 4 is 0 Å². The van der Waals surface area contributed by atoms with Gasteiger partial charge in [-0.2, -0.15) is 0 Å². The van der Waals surface area contributed by atoms with Crippen LogP contribution in [0.1, 0.15) is 32.8 Å². The Morgan fingerprint density at radius 2 is 1.88 bits per heavy atom. The molecular weight excluding hydrogens is 214 g/mol. The zero-order chi connectivity index (χ0) is 12.9. The molecule has 96 valence electrons. The molecule has 1 aromatic carbocycles. The van der Waals surface area contributed by atoms with E-state index < -0.39 is 5.60 Å². The number of hydrogen-bond donors (Lipinski definition) is 2. The van der Waals surface area contributed by atoms with Crippen LogP contribution in [0.25, 0.3) is 0 Å². The fourth-order valence-electron chi connectivity index (χ4n) is 1.41. The summed E-state index contributed by atoms with van der Waals surface area (Å²) in [7, 11) is 0. The lowest BCUT2D eigenvalue weighted by Crippen LogP contribution is -2.27. The lowest BCUT2D eigenvalue weighted by Gasteiger charge is -2.17. The molecule has 0 aliphatic heterocycles. The third-order valence-corrected chi connectivity index (χ3v) is 2.40. The second-order valence-electron chi connectivity index (χ2n) is 5.26. The first-order chi connectivity index (χ1) is 7.87. The van der Waals surface area contributed by atoms with Gasteiger partial charge >= 0.3 is 0 Å². The average Bonchev–Trinajstić information content (AvgIpc) is 2.24. The van der Waals surface area contributed by atoms with Gasteiger partial charge in [0.25, 0.3) is 0 Å². The van der Waals surface area contributed by atoms with Crippen LogP contribution in [-0.4, -0.2) is 23.4 Å². The quantitative estimate of drug-likeness (QED) is 0.796. The molecule has 3 N–H and O–H groups in total. The molecule has 17 heavy (non-hydrogen) atoms. The Kier molecular flexibility index (Phi) is 4.97. The summed E-state index contributed by atoms with van der Waals surface area (Å²) in [6, 6.07) is 8.19. The van der Waals surface area contributed by atoms with Crippen LogP contribution in [0.15, 0.2) is 24.3 Å². The van der Waals surface area contributed by atoms with Crippen molar-refractivity contribution in [2.75, 3.05) is 6.61 Å². The minimum absolute atomic E-state index is 0.237. The molecule has 0 radical (unpaired) electrons. The van der Waals surface area contributed by atoms with Crippen molar-refractivity contribution in [2.45, 2.75) is 45.3 Å². The van der Waals surface area contributed by atoms with Crippen LogP contribution < -0.4 is 10.5 Å². The molecule has 0 spiro atoms. The highest BCUT2D eigenvalue weighted by Crippen LogP contribution is 2.15. The molecule has 0 aliphatic rings. The summed E-state index contributed by atoms with van der Waals surface area (Å²) in [6.07, 6.45) is 1.98. The van der Waals surface area contributed by atoms with Gasteiger partial charge in [-0.05, 0) is 51.3 Å². The lowest BCUT2D eigenvalue weighted by atomic mass is 10.1. The predicted octanol–water partition coefficient (Wildman–Crippen LogP) is 2.12. The molecule has 1 aromatic rings. The van der Waals surface area contributed by atoms with Crippen molar-refractivity contribution in [3.63, 3.8) is 0 Å². The van der Waals surface area contributed by atoms with Crippen LogP contribution in [0, 0.1) is 0 Å². The van der Waals surface area contributed by atoms with Gasteiger partial charge in [-0.1, -0.05) is 12.1 Å². The van der Waals surface area contributed by atoms with E-state index in [2.05, 4.69) is 0 Å². The first-order valence-electron chi connectivity index (χ1n) is 6.06. The predicted molar refractivity (Wildman–Crippen MR) is 70.2 cm³/mol. The smallest absolute Gasteiger partial charge is 0.119 e. The molecule has 0 fully saturated rings. The van der Waals surface area contributed by atoms with E-state index in [9.17, 15) is 5.11 Å². The molecule has 1 rings (SSSR count). The molecule has 0 aromatic heterocycles. The molecule has 0 heterocycles. The van der Waals surface area contributed by atoms with Gasteiger partial charge in [-0.25, -0.2) is 0 Å². The van der Waals surface area contributed by atoms with Crippen molar-refractivity contribution < 1.29 is 9.84 Å². The van der Waals surface area contributed by atoms with Crippen LogP contribution in [0.5, 0.6) is 5.75 Å². The van der Waals surface area contributed by atoms with Crippen molar-refractivity contribution in [1.29, 1.82) is 0 Å². The third kappa shape index (κ3) is 6.29. The van der Waals surface area contributed by atoms with E-state index in [0.717, 1.165) is 18.6 Å². The zero-order valence-corrected chi connectivity index (χ0v) is 10.9. The molecule has 3 heteroatoms. The Bertz CT molecular complexity index is 325. The molecule has 0 aliphatic carbocycles. The summed E-state index contributed by atoms with van der Waals surface area (Å²) < 4.78 is 5.48. The molecule has 3 nitrogen and oxygen atoms in total. The summed E-state index contributed by atoms with van der Waals surface area (Å²) in [5.74, 6) is 0.789.